The molecule has 1 heterocycles. The van der Waals surface area contributed by atoms with E-state index >= 15 is 0 Å². The molecule has 1 fully saturated rings. The Bertz CT molecular complexity index is 568. The van der Waals surface area contributed by atoms with Crippen molar-refractivity contribution in [1.29, 1.82) is 0 Å². The first-order chi connectivity index (χ1) is 11.5. The Morgan fingerprint density at radius 2 is 2.04 bits per heavy atom. The molecule has 0 aromatic heterocycles. The molecule has 1 aromatic carbocycles. The lowest BCUT2D eigenvalue weighted by Gasteiger charge is -2.23. The second-order valence-electron chi connectivity index (χ2n) is 6.18. The van der Waals surface area contributed by atoms with Crippen LogP contribution >= 0.6 is 24.0 Å². The molecule has 1 aliphatic rings. The number of carbonyl (C=O) groups excluding carboxylic acids is 1. The Kier molecular flexibility index (Phi) is 9.02. The molecule has 7 heteroatoms. The summed E-state index contributed by atoms with van der Waals surface area (Å²) in [6, 6.07) is 9.74. The van der Waals surface area contributed by atoms with E-state index in [9.17, 15) is 4.79 Å². The number of para-hydroxylation sites is 1. The monoisotopic (exact) mass is 461 g/mol. The highest BCUT2D eigenvalue weighted by molar-refractivity contribution is 14.0. The number of guanidine groups is 1. The van der Waals surface area contributed by atoms with Gasteiger partial charge in [0.1, 0.15) is 11.9 Å². The number of nitrogens with one attached hydrogen (secondary N) is 1. The van der Waals surface area contributed by atoms with E-state index in [0.717, 1.165) is 18.3 Å². The average Bonchev–Trinajstić information content (AvgIpc) is 2.97. The fourth-order valence-electron chi connectivity index (χ4n) is 2.94. The van der Waals surface area contributed by atoms with E-state index in [2.05, 4.69) is 22.1 Å². The van der Waals surface area contributed by atoms with Gasteiger partial charge in [0.25, 0.3) is 0 Å². The predicted molar refractivity (Wildman–Crippen MR) is 110 cm³/mol. The Hall–Kier alpha value is -1.51. The summed E-state index contributed by atoms with van der Waals surface area (Å²) in [6.45, 7) is 6.12. The molecule has 3 unspecified atom stereocenters. The lowest BCUT2D eigenvalue weighted by molar-refractivity contribution is -0.145. The number of likely N-dealkylation sites (tertiary alicyclic amines) is 1. The molecule has 0 saturated carbocycles. The number of aliphatic imine (C=N–C) groups is 1. The molecule has 0 radical (unpaired) electrons. The van der Waals surface area contributed by atoms with Crippen LogP contribution in [0.4, 0.5) is 0 Å². The number of esters is 1. The largest absolute Gasteiger partial charge is 0.489 e. The molecule has 6 nitrogen and oxygen atoms in total. The van der Waals surface area contributed by atoms with Gasteiger partial charge in [-0.15, -0.1) is 24.0 Å². The number of carbonyl (C=O) groups is 1. The Balaban J connectivity index is 0.00000312. The fraction of sp³-hybridized carbons (Fsp3) is 0.556. The lowest BCUT2D eigenvalue weighted by Crippen LogP contribution is -2.44. The quantitative estimate of drug-likeness (QED) is 0.316. The predicted octanol–water partition coefficient (Wildman–Crippen LogP) is 2.39. The molecule has 0 bridgehead atoms. The van der Waals surface area contributed by atoms with Crippen molar-refractivity contribution in [1.82, 2.24) is 10.2 Å². The van der Waals surface area contributed by atoms with Gasteiger partial charge >= 0.3 is 5.97 Å². The number of nitrogens with zero attached hydrogens (tertiary/aromatic N) is 2. The van der Waals surface area contributed by atoms with Crippen LogP contribution in [0.1, 0.15) is 13.8 Å². The van der Waals surface area contributed by atoms with Crippen molar-refractivity contribution in [2.24, 2.45) is 16.8 Å². The molecular formula is C18H28IN3O3. The molecule has 1 N–H and O–H groups in total. The lowest BCUT2D eigenvalue weighted by atomic mass is 9.99. The number of rotatable bonds is 5. The summed E-state index contributed by atoms with van der Waals surface area (Å²) in [5.41, 5.74) is 0. The third-order valence-corrected chi connectivity index (χ3v) is 4.26. The van der Waals surface area contributed by atoms with E-state index in [1.54, 1.807) is 7.05 Å². The van der Waals surface area contributed by atoms with Gasteiger partial charge in [-0.1, -0.05) is 25.1 Å². The van der Waals surface area contributed by atoms with Gasteiger partial charge in [0.05, 0.1) is 19.6 Å². The summed E-state index contributed by atoms with van der Waals surface area (Å²) < 4.78 is 10.7. The molecule has 1 saturated heterocycles. The van der Waals surface area contributed by atoms with Gasteiger partial charge in [0.15, 0.2) is 5.96 Å². The molecule has 0 spiro atoms. The molecule has 0 amide bonds. The summed E-state index contributed by atoms with van der Waals surface area (Å²) in [4.78, 5) is 18.2. The van der Waals surface area contributed by atoms with Crippen molar-refractivity contribution in [3.8, 4) is 5.75 Å². The summed E-state index contributed by atoms with van der Waals surface area (Å²) >= 11 is 0. The summed E-state index contributed by atoms with van der Waals surface area (Å²) in [5.74, 6) is 1.63. The van der Waals surface area contributed by atoms with Crippen molar-refractivity contribution < 1.29 is 14.3 Å². The molecule has 140 valence electrons. The highest BCUT2D eigenvalue weighted by Crippen LogP contribution is 2.24. The first kappa shape index (κ1) is 21.5. The smallest absolute Gasteiger partial charge is 0.310 e. The van der Waals surface area contributed by atoms with E-state index in [1.165, 1.54) is 7.11 Å². The van der Waals surface area contributed by atoms with Gasteiger partial charge in [0.2, 0.25) is 0 Å². The van der Waals surface area contributed by atoms with E-state index in [4.69, 9.17) is 9.47 Å². The highest BCUT2D eigenvalue weighted by atomic mass is 127. The van der Waals surface area contributed by atoms with Crippen LogP contribution in [0.2, 0.25) is 0 Å². The second kappa shape index (κ2) is 10.5. The molecular weight excluding hydrogens is 433 g/mol. The topological polar surface area (TPSA) is 63.2 Å². The number of methoxy groups -OCH3 is 1. The van der Waals surface area contributed by atoms with E-state index in [1.807, 2.05) is 37.3 Å². The van der Waals surface area contributed by atoms with Crippen molar-refractivity contribution in [3.63, 3.8) is 0 Å². The van der Waals surface area contributed by atoms with Crippen LogP contribution in [0, 0.1) is 11.8 Å². The molecule has 0 aliphatic carbocycles. The zero-order valence-corrected chi connectivity index (χ0v) is 17.6. The number of benzene rings is 1. The van der Waals surface area contributed by atoms with Crippen LogP contribution in [-0.4, -0.2) is 56.7 Å². The van der Waals surface area contributed by atoms with Gasteiger partial charge in [-0.2, -0.15) is 0 Å². The van der Waals surface area contributed by atoms with Crippen molar-refractivity contribution >= 4 is 35.9 Å². The minimum atomic E-state index is -0.152. The van der Waals surface area contributed by atoms with E-state index in [0.29, 0.717) is 13.1 Å². The fourth-order valence-corrected chi connectivity index (χ4v) is 2.94. The first-order valence-corrected chi connectivity index (χ1v) is 8.30. The molecule has 25 heavy (non-hydrogen) atoms. The van der Waals surface area contributed by atoms with Crippen molar-refractivity contribution in [2.45, 2.75) is 20.0 Å². The van der Waals surface area contributed by atoms with Gasteiger partial charge in [0, 0.05) is 20.1 Å². The summed E-state index contributed by atoms with van der Waals surface area (Å²) in [6.07, 6.45) is 0.000538. The zero-order chi connectivity index (χ0) is 17.5. The first-order valence-electron chi connectivity index (χ1n) is 8.30. The zero-order valence-electron chi connectivity index (χ0n) is 15.3. The summed E-state index contributed by atoms with van der Waals surface area (Å²) in [7, 11) is 3.19. The Morgan fingerprint density at radius 1 is 1.36 bits per heavy atom. The van der Waals surface area contributed by atoms with Gasteiger partial charge in [-0.3, -0.25) is 9.79 Å². The minimum absolute atomic E-state index is 0. The van der Waals surface area contributed by atoms with Crippen LogP contribution in [0.15, 0.2) is 35.3 Å². The SMILES string of the molecule is CN=C(NCC(C)Oc1ccccc1)N1CC(C)C(C(=O)OC)C1.I. The van der Waals surface area contributed by atoms with Gasteiger partial charge < -0.3 is 19.7 Å². The van der Waals surface area contributed by atoms with Crippen molar-refractivity contribution in [3.05, 3.63) is 30.3 Å². The normalized spacial score (nSPS) is 21.3. The van der Waals surface area contributed by atoms with Gasteiger partial charge in [-0.25, -0.2) is 0 Å². The standard InChI is InChI=1S/C18H27N3O3.HI/c1-13-11-21(12-16(13)17(22)23-4)18(19-3)20-10-14(2)24-15-8-6-5-7-9-15;/h5-9,13-14,16H,10-12H2,1-4H3,(H,19,20);1H. The third kappa shape index (κ3) is 6.05. The highest BCUT2D eigenvalue weighted by Gasteiger charge is 2.36. The molecule has 3 atom stereocenters. The summed E-state index contributed by atoms with van der Waals surface area (Å²) in [5, 5.41) is 3.33. The van der Waals surface area contributed by atoms with E-state index < -0.39 is 0 Å². The number of ether oxygens (including phenoxy) is 2. The number of hydrogen-bond acceptors (Lipinski definition) is 4. The molecule has 1 aromatic rings. The van der Waals surface area contributed by atoms with Crippen molar-refractivity contribution in [2.75, 3.05) is 33.8 Å². The maximum atomic E-state index is 11.8. The maximum absolute atomic E-state index is 11.8. The Labute approximate surface area is 167 Å². The number of hydrogen-bond donors (Lipinski definition) is 1. The van der Waals surface area contributed by atoms with Crippen LogP contribution in [0.3, 0.4) is 0 Å². The maximum Gasteiger partial charge on any atom is 0.310 e. The third-order valence-electron chi connectivity index (χ3n) is 4.26. The minimum Gasteiger partial charge on any atom is -0.489 e. The molecule has 2 rings (SSSR count). The second-order valence-corrected chi connectivity index (χ2v) is 6.18. The van der Waals surface area contributed by atoms with Gasteiger partial charge in [-0.05, 0) is 25.0 Å². The average molecular weight is 461 g/mol. The van der Waals surface area contributed by atoms with E-state index in [-0.39, 0.29) is 47.9 Å². The number of halogens is 1. The Morgan fingerprint density at radius 3 is 2.64 bits per heavy atom. The van der Waals surface area contributed by atoms with Crippen LogP contribution in [0.5, 0.6) is 5.75 Å². The van der Waals surface area contributed by atoms with Crippen LogP contribution in [-0.2, 0) is 9.53 Å². The van der Waals surface area contributed by atoms with Crippen LogP contribution in [0.25, 0.3) is 0 Å². The van der Waals surface area contributed by atoms with Crippen LogP contribution < -0.4 is 10.1 Å². The molecule has 1 aliphatic heterocycles.